The van der Waals surface area contributed by atoms with Crippen molar-refractivity contribution in [1.29, 1.82) is 0 Å². The van der Waals surface area contributed by atoms with Crippen molar-refractivity contribution in [2.45, 2.75) is 19.3 Å². The molecule has 1 aromatic carbocycles. The van der Waals surface area contributed by atoms with Crippen LogP contribution in [0.4, 0.5) is 0 Å². The summed E-state index contributed by atoms with van der Waals surface area (Å²) in [6, 6.07) is 6.00. The van der Waals surface area contributed by atoms with E-state index in [2.05, 4.69) is 12.6 Å². The summed E-state index contributed by atoms with van der Waals surface area (Å²) in [5, 5.41) is 0. The third-order valence-electron chi connectivity index (χ3n) is 2.79. The first-order valence-corrected chi connectivity index (χ1v) is 5.80. The highest BCUT2D eigenvalue weighted by molar-refractivity contribution is 5.71. The SMILES string of the molecule is C=CCOC(=O)COc1ccc2c(c1)CCC2. The van der Waals surface area contributed by atoms with Crippen molar-refractivity contribution in [1.82, 2.24) is 0 Å². The first-order valence-electron chi connectivity index (χ1n) is 5.80. The van der Waals surface area contributed by atoms with Crippen LogP contribution in [0.1, 0.15) is 17.5 Å². The van der Waals surface area contributed by atoms with E-state index in [0.29, 0.717) is 0 Å². The number of hydrogen-bond donors (Lipinski definition) is 0. The average Bonchev–Trinajstić information content (AvgIpc) is 2.81. The van der Waals surface area contributed by atoms with Crippen LogP contribution < -0.4 is 4.74 Å². The van der Waals surface area contributed by atoms with Crippen LogP contribution in [0.5, 0.6) is 5.75 Å². The molecule has 3 nitrogen and oxygen atoms in total. The zero-order chi connectivity index (χ0) is 12.1. The highest BCUT2D eigenvalue weighted by Crippen LogP contribution is 2.25. The maximum Gasteiger partial charge on any atom is 0.344 e. The number of rotatable bonds is 5. The number of carbonyl (C=O) groups excluding carboxylic acids is 1. The molecular formula is C14H16O3. The summed E-state index contributed by atoms with van der Waals surface area (Å²) < 4.78 is 10.2. The minimum Gasteiger partial charge on any atom is -0.482 e. The van der Waals surface area contributed by atoms with Crippen LogP contribution in [-0.2, 0) is 22.4 Å². The number of ether oxygens (including phenoxy) is 2. The second kappa shape index (κ2) is 5.53. The Morgan fingerprint density at radius 2 is 2.18 bits per heavy atom. The molecule has 90 valence electrons. The number of benzene rings is 1. The number of aryl methyl sites for hydroxylation is 2. The third kappa shape index (κ3) is 3.09. The topological polar surface area (TPSA) is 35.5 Å². The van der Waals surface area contributed by atoms with Crippen molar-refractivity contribution >= 4 is 5.97 Å². The monoisotopic (exact) mass is 232 g/mol. The van der Waals surface area contributed by atoms with Crippen molar-refractivity contribution in [2.75, 3.05) is 13.2 Å². The minimum atomic E-state index is -0.370. The van der Waals surface area contributed by atoms with E-state index < -0.39 is 0 Å². The molecule has 1 aliphatic rings. The van der Waals surface area contributed by atoms with Crippen molar-refractivity contribution in [3.8, 4) is 5.75 Å². The summed E-state index contributed by atoms with van der Waals surface area (Å²) >= 11 is 0. The van der Waals surface area contributed by atoms with E-state index in [1.54, 1.807) is 0 Å². The number of carbonyl (C=O) groups is 1. The van der Waals surface area contributed by atoms with E-state index in [1.165, 1.54) is 23.6 Å². The summed E-state index contributed by atoms with van der Waals surface area (Å²) in [6.07, 6.45) is 5.00. The van der Waals surface area contributed by atoms with Gasteiger partial charge in [0.15, 0.2) is 6.61 Å². The molecule has 0 fully saturated rings. The molecule has 0 heterocycles. The van der Waals surface area contributed by atoms with E-state index in [4.69, 9.17) is 9.47 Å². The molecule has 1 aromatic rings. The van der Waals surface area contributed by atoms with Crippen LogP contribution in [0.15, 0.2) is 30.9 Å². The molecule has 0 N–H and O–H groups in total. The van der Waals surface area contributed by atoms with Gasteiger partial charge in [-0.2, -0.15) is 0 Å². The average molecular weight is 232 g/mol. The van der Waals surface area contributed by atoms with E-state index in [-0.39, 0.29) is 19.2 Å². The summed E-state index contributed by atoms with van der Waals surface area (Å²) in [4.78, 5) is 11.2. The Morgan fingerprint density at radius 1 is 1.35 bits per heavy atom. The van der Waals surface area contributed by atoms with Crippen molar-refractivity contribution in [3.05, 3.63) is 42.0 Å². The first kappa shape index (κ1) is 11.7. The lowest BCUT2D eigenvalue weighted by Crippen LogP contribution is -2.14. The van der Waals surface area contributed by atoms with Crippen LogP contribution in [0.25, 0.3) is 0 Å². The summed E-state index contributed by atoms with van der Waals surface area (Å²) in [5.41, 5.74) is 2.73. The lowest BCUT2D eigenvalue weighted by atomic mass is 10.1. The Balaban J connectivity index is 1.87. The smallest absolute Gasteiger partial charge is 0.344 e. The van der Waals surface area contributed by atoms with Gasteiger partial charge in [0.05, 0.1) is 0 Å². The van der Waals surface area contributed by atoms with E-state index >= 15 is 0 Å². The van der Waals surface area contributed by atoms with Gasteiger partial charge in [0.2, 0.25) is 0 Å². The van der Waals surface area contributed by atoms with Gasteiger partial charge >= 0.3 is 5.97 Å². The van der Waals surface area contributed by atoms with Crippen molar-refractivity contribution in [3.63, 3.8) is 0 Å². The largest absolute Gasteiger partial charge is 0.482 e. The Labute approximate surface area is 101 Å². The van der Waals surface area contributed by atoms with Crippen LogP contribution in [-0.4, -0.2) is 19.2 Å². The Bertz CT molecular complexity index is 423. The van der Waals surface area contributed by atoms with Crippen LogP contribution in [0.2, 0.25) is 0 Å². The van der Waals surface area contributed by atoms with Gasteiger partial charge in [-0.15, -0.1) is 0 Å². The molecule has 0 bridgehead atoms. The first-order chi connectivity index (χ1) is 8.29. The second-order valence-corrected chi connectivity index (χ2v) is 4.04. The predicted molar refractivity (Wildman–Crippen MR) is 65.1 cm³/mol. The van der Waals surface area contributed by atoms with Gasteiger partial charge in [0.1, 0.15) is 12.4 Å². The quantitative estimate of drug-likeness (QED) is 0.577. The van der Waals surface area contributed by atoms with Gasteiger partial charge < -0.3 is 9.47 Å². The molecular weight excluding hydrogens is 216 g/mol. The fourth-order valence-corrected chi connectivity index (χ4v) is 1.97. The standard InChI is InChI=1S/C14H16O3/c1-2-8-16-14(15)10-17-13-7-6-11-4-3-5-12(11)9-13/h2,6-7,9H,1,3-5,8,10H2. The molecule has 0 spiro atoms. The highest BCUT2D eigenvalue weighted by atomic mass is 16.6. The van der Waals surface area contributed by atoms with Gasteiger partial charge in [-0.3, -0.25) is 0 Å². The van der Waals surface area contributed by atoms with Crippen LogP contribution >= 0.6 is 0 Å². The van der Waals surface area contributed by atoms with Gasteiger partial charge in [-0.1, -0.05) is 18.7 Å². The maximum atomic E-state index is 11.2. The van der Waals surface area contributed by atoms with Gasteiger partial charge in [-0.05, 0) is 42.5 Å². The van der Waals surface area contributed by atoms with E-state index in [0.717, 1.165) is 18.6 Å². The van der Waals surface area contributed by atoms with Crippen LogP contribution in [0, 0.1) is 0 Å². The molecule has 2 rings (SSSR count). The Morgan fingerprint density at radius 3 is 3.00 bits per heavy atom. The van der Waals surface area contributed by atoms with E-state index in [1.807, 2.05) is 12.1 Å². The molecule has 0 atom stereocenters. The fourth-order valence-electron chi connectivity index (χ4n) is 1.97. The Kier molecular flexibility index (Phi) is 3.81. The predicted octanol–water partition coefficient (Wildman–Crippen LogP) is 2.28. The van der Waals surface area contributed by atoms with Gasteiger partial charge in [0.25, 0.3) is 0 Å². The summed E-state index contributed by atoms with van der Waals surface area (Å²) in [6.45, 7) is 3.65. The van der Waals surface area contributed by atoms with Crippen molar-refractivity contribution in [2.24, 2.45) is 0 Å². The van der Waals surface area contributed by atoms with Gasteiger partial charge in [-0.25, -0.2) is 4.79 Å². The Hall–Kier alpha value is -1.77. The molecule has 0 saturated carbocycles. The molecule has 17 heavy (non-hydrogen) atoms. The zero-order valence-corrected chi connectivity index (χ0v) is 9.78. The zero-order valence-electron chi connectivity index (χ0n) is 9.78. The number of hydrogen-bond acceptors (Lipinski definition) is 3. The third-order valence-corrected chi connectivity index (χ3v) is 2.79. The van der Waals surface area contributed by atoms with Gasteiger partial charge in [0, 0.05) is 0 Å². The highest BCUT2D eigenvalue weighted by Gasteiger charge is 2.11. The van der Waals surface area contributed by atoms with Crippen molar-refractivity contribution < 1.29 is 14.3 Å². The molecule has 1 aliphatic carbocycles. The van der Waals surface area contributed by atoms with E-state index in [9.17, 15) is 4.79 Å². The molecule has 0 aromatic heterocycles. The molecule has 0 radical (unpaired) electrons. The fraction of sp³-hybridized carbons (Fsp3) is 0.357. The number of esters is 1. The molecule has 0 unspecified atom stereocenters. The number of fused-ring (bicyclic) bond motifs is 1. The normalized spacial score (nSPS) is 12.9. The molecule has 0 amide bonds. The minimum absolute atomic E-state index is 0.0490. The summed E-state index contributed by atoms with van der Waals surface area (Å²) in [7, 11) is 0. The van der Waals surface area contributed by atoms with Crippen LogP contribution in [0.3, 0.4) is 0 Å². The molecule has 0 aliphatic heterocycles. The lowest BCUT2D eigenvalue weighted by Gasteiger charge is -2.07. The maximum absolute atomic E-state index is 11.2. The molecule has 3 heteroatoms. The summed E-state index contributed by atoms with van der Waals surface area (Å²) in [5.74, 6) is 0.367. The lowest BCUT2D eigenvalue weighted by molar-refractivity contribution is -0.144. The molecule has 0 saturated heterocycles. The second-order valence-electron chi connectivity index (χ2n) is 4.04.